The first-order valence-electron chi connectivity index (χ1n) is 5.82. The molecular formula is C13H22N2. The van der Waals surface area contributed by atoms with Crippen LogP contribution in [0.15, 0.2) is 30.7 Å². The molecule has 84 valence electrons. The maximum absolute atomic E-state index is 4.25. The fourth-order valence-corrected chi connectivity index (χ4v) is 1.28. The lowest BCUT2D eigenvalue weighted by molar-refractivity contribution is 1.08. The first-order valence-corrected chi connectivity index (χ1v) is 5.82. The Kier molecular flexibility index (Phi) is 7.33. The lowest BCUT2D eigenvalue weighted by atomic mass is 10.2. The van der Waals surface area contributed by atoms with E-state index in [9.17, 15) is 0 Å². The van der Waals surface area contributed by atoms with Gasteiger partial charge in [0.05, 0.1) is 0 Å². The molecule has 0 N–H and O–H groups in total. The third-order valence-electron chi connectivity index (χ3n) is 1.88. The Morgan fingerprint density at radius 2 is 1.80 bits per heavy atom. The minimum absolute atomic E-state index is 1.04. The lowest BCUT2D eigenvalue weighted by Gasteiger charge is -1.97. The van der Waals surface area contributed by atoms with E-state index in [1.54, 1.807) is 0 Å². The van der Waals surface area contributed by atoms with Crippen LogP contribution >= 0.6 is 0 Å². The molecule has 0 saturated heterocycles. The molecule has 0 bridgehead atoms. The number of hydrogen-bond acceptors (Lipinski definition) is 1. The molecule has 0 spiro atoms. The van der Waals surface area contributed by atoms with E-state index < -0.39 is 0 Å². The van der Waals surface area contributed by atoms with Gasteiger partial charge in [0.1, 0.15) is 5.65 Å². The summed E-state index contributed by atoms with van der Waals surface area (Å²) in [4.78, 5) is 4.25. The fourth-order valence-electron chi connectivity index (χ4n) is 1.28. The van der Waals surface area contributed by atoms with Crippen molar-refractivity contribution in [2.24, 2.45) is 0 Å². The highest BCUT2D eigenvalue weighted by molar-refractivity contribution is 5.47. The van der Waals surface area contributed by atoms with Crippen LogP contribution in [0, 0.1) is 0 Å². The van der Waals surface area contributed by atoms with Crippen molar-refractivity contribution < 1.29 is 0 Å². The smallest absolute Gasteiger partial charge is 0.139 e. The summed E-state index contributed by atoms with van der Waals surface area (Å²) in [5.41, 5.74) is 2.38. The van der Waals surface area contributed by atoms with Crippen molar-refractivity contribution in [2.45, 2.75) is 41.0 Å². The predicted molar refractivity (Wildman–Crippen MR) is 67.3 cm³/mol. The molecule has 0 radical (unpaired) electrons. The highest BCUT2D eigenvalue weighted by atomic mass is 15.0. The van der Waals surface area contributed by atoms with Crippen LogP contribution in [0.5, 0.6) is 0 Å². The standard InChI is InChI=1S/C9H10N2.2C2H6/c1-2-8-4-3-6-11-7-5-10-9(8)11;2*1-2/h3-7H,2H2,1H3;2*1-2H3. The van der Waals surface area contributed by atoms with E-state index in [1.807, 2.05) is 56.8 Å². The van der Waals surface area contributed by atoms with Crippen LogP contribution < -0.4 is 0 Å². The third-order valence-corrected chi connectivity index (χ3v) is 1.88. The Morgan fingerprint density at radius 3 is 2.40 bits per heavy atom. The molecule has 15 heavy (non-hydrogen) atoms. The van der Waals surface area contributed by atoms with Gasteiger partial charge in [-0.15, -0.1) is 0 Å². The van der Waals surface area contributed by atoms with E-state index in [0.717, 1.165) is 12.1 Å². The summed E-state index contributed by atoms with van der Waals surface area (Å²) in [5, 5.41) is 0. The predicted octanol–water partition coefficient (Wildman–Crippen LogP) is 3.95. The SMILES string of the molecule is CC.CC.CCc1cccn2ccnc12. The summed E-state index contributed by atoms with van der Waals surface area (Å²) < 4.78 is 2.04. The summed E-state index contributed by atoms with van der Waals surface area (Å²) in [6, 6.07) is 4.16. The maximum atomic E-state index is 4.25. The number of aromatic nitrogens is 2. The minimum Gasteiger partial charge on any atom is -0.307 e. The summed E-state index contributed by atoms with van der Waals surface area (Å²) in [5.74, 6) is 0. The van der Waals surface area contributed by atoms with Crippen molar-refractivity contribution in [1.82, 2.24) is 9.38 Å². The molecule has 0 aliphatic carbocycles. The molecule has 2 heteroatoms. The normalized spacial score (nSPS) is 8.60. The Labute approximate surface area is 93.0 Å². The Hall–Kier alpha value is -1.31. The van der Waals surface area contributed by atoms with Crippen LogP contribution in [0.4, 0.5) is 0 Å². The number of aryl methyl sites for hydroxylation is 1. The molecule has 0 saturated carbocycles. The van der Waals surface area contributed by atoms with Crippen molar-refractivity contribution in [3.8, 4) is 0 Å². The molecule has 2 heterocycles. The van der Waals surface area contributed by atoms with Crippen LogP contribution in [0.1, 0.15) is 40.2 Å². The Bertz CT molecular complexity index is 363. The molecule has 0 amide bonds. The minimum atomic E-state index is 1.04. The number of fused-ring (bicyclic) bond motifs is 1. The van der Waals surface area contributed by atoms with Gasteiger partial charge in [0.25, 0.3) is 0 Å². The maximum Gasteiger partial charge on any atom is 0.139 e. The highest BCUT2D eigenvalue weighted by Gasteiger charge is 1.97. The summed E-state index contributed by atoms with van der Waals surface area (Å²) in [7, 11) is 0. The first-order chi connectivity index (χ1) is 7.42. The molecule has 2 rings (SSSR count). The second-order valence-electron chi connectivity index (χ2n) is 2.55. The monoisotopic (exact) mass is 206 g/mol. The second-order valence-corrected chi connectivity index (χ2v) is 2.55. The molecule has 0 fully saturated rings. The summed E-state index contributed by atoms with van der Waals surface area (Å²) in [6.45, 7) is 10.1. The van der Waals surface area contributed by atoms with Gasteiger partial charge in [0.15, 0.2) is 0 Å². The summed E-state index contributed by atoms with van der Waals surface area (Å²) in [6.07, 6.45) is 6.85. The van der Waals surface area contributed by atoms with Gasteiger partial charge in [-0.05, 0) is 18.1 Å². The number of pyridine rings is 1. The molecule has 0 aliphatic heterocycles. The van der Waals surface area contributed by atoms with Gasteiger partial charge in [0, 0.05) is 18.6 Å². The molecule has 2 nitrogen and oxygen atoms in total. The number of nitrogens with zero attached hydrogens (tertiary/aromatic N) is 2. The van der Waals surface area contributed by atoms with Crippen LogP contribution in [-0.4, -0.2) is 9.38 Å². The molecule has 0 aromatic carbocycles. The van der Waals surface area contributed by atoms with Crippen LogP contribution in [0.2, 0.25) is 0 Å². The quantitative estimate of drug-likeness (QED) is 0.690. The molecule has 2 aromatic heterocycles. The molecule has 0 aliphatic rings. The van der Waals surface area contributed by atoms with E-state index in [0.29, 0.717) is 0 Å². The topological polar surface area (TPSA) is 17.3 Å². The average molecular weight is 206 g/mol. The highest BCUT2D eigenvalue weighted by Crippen LogP contribution is 2.07. The van der Waals surface area contributed by atoms with Gasteiger partial charge >= 0.3 is 0 Å². The van der Waals surface area contributed by atoms with Gasteiger partial charge < -0.3 is 4.40 Å². The zero-order valence-corrected chi connectivity index (χ0v) is 10.5. The third kappa shape index (κ3) is 3.39. The van der Waals surface area contributed by atoms with Crippen LogP contribution in [0.3, 0.4) is 0 Å². The molecule has 2 aromatic rings. The fraction of sp³-hybridized carbons (Fsp3) is 0.462. The zero-order chi connectivity index (χ0) is 11.7. The molecular weight excluding hydrogens is 184 g/mol. The Morgan fingerprint density at radius 1 is 1.13 bits per heavy atom. The Balaban J connectivity index is 0.000000442. The van der Waals surface area contributed by atoms with Gasteiger partial charge in [-0.3, -0.25) is 0 Å². The van der Waals surface area contributed by atoms with Crippen molar-refractivity contribution in [3.05, 3.63) is 36.3 Å². The molecule has 0 unspecified atom stereocenters. The van der Waals surface area contributed by atoms with Gasteiger partial charge in [-0.1, -0.05) is 40.7 Å². The number of imidazole rings is 1. The van der Waals surface area contributed by atoms with Crippen LogP contribution in [0.25, 0.3) is 5.65 Å². The van der Waals surface area contributed by atoms with Crippen molar-refractivity contribution in [1.29, 1.82) is 0 Å². The molecule has 0 atom stereocenters. The largest absolute Gasteiger partial charge is 0.307 e. The zero-order valence-electron chi connectivity index (χ0n) is 10.5. The van der Waals surface area contributed by atoms with E-state index in [2.05, 4.69) is 18.0 Å². The number of rotatable bonds is 1. The van der Waals surface area contributed by atoms with Crippen molar-refractivity contribution in [3.63, 3.8) is 0 Å². The van der Waals surface area contributed by atoms with Crippen molar-refractivity contribution >= 4 is 5.65 Å². The summed E-state index contributed by atoms with van der Waals surface area (Å²) >= 11 is 0. The van der Waals surface area contributed by atoms with Gasteiger partial charge in [-0.2, -0.15) is 0 Å². The number of hydrogen-bond donors (Lipinski definition) is 0. The second kappa shape index (κ2) is 8.04. The van der Waals surface area contributed by atoms with E-state index in [1.165, 1.54) is 5.56 Å². The van der Waals surface area contributed by atoms with Gasteiger partial charge in [0.2, 0.25) is 0 Å². The van der Waals surface area contributed by atoms with E-state index in [-0.39, 0.29) is 0 Å². The van der Waals surface area contributed by atoms with E-state index in [4.69, 9.17) is 0 Å². The average Bonchev–Trinajstić information content (AvgIpc) is 2.82. The lowest BCUT2D eigenvalue weighted by Crippen LogP contribution is -1.88. The van der Waals surface area contributed by atoms with Crippen LogP contribution in [-0.2, 0) is 6.42 Å². The van der Waals surface area contributed by atoms with E-state index >= 15 is 0 Å². The van der Waals surface area contributed by atoms with Gasteiger partial charge in [-0.25, -0.2) is 4.98 Å². The van der Waals surface area contributed by atoms with Crippen molar-refractivity contribution in [2.75, 3.05) is 0 Å². The first kappa shape index (κ1) is 13.7.